The van der Waals surface area contributed by atoms with Gasteiger partial charge in [0.2, 0.25) is 11.8 Å². The molecule has 1 aromatic carbocycles. The van der Waals surface area contributed by atoms with Crippen LogP contribution in [0.2, 0.25) is 5.02 Å². The SMILES string of the molecule is CCN(CC(=O)NCc1cccs1)C(=O)CCS(=O)(=O)c1ccc(Cl)cc1. The highest BCUT2D eigenvalue weighted by atomic mass is 35.5. The van der Waals surface area contributed by atoms with Crippen molar-refractivity contribution in [2.45, 2.75) is 24.8 Å². The number of rotatable bonds is 9. The van der Waals surface area contributed by atoms with Crippen molar-refractivity contribution < 1.29 is 18.0 Å². The maximum atomic E-state index is 12.3. The van der Waals surface area contributed by atoms with Gasteiger partial charge in [0.05, 0.1) is 23.7 Å². The third-order valence-electron chi connectivity index (χ3n) is 3.87. The fourth-order valence-corrected chi connectivity index (χ4v) is 4.34. The van der Waals surface area contributed by atoms with Crippen LogP contribution in [-0.4, -0.2) is 44.0 Å². The Morgan fingerprint density at radius 3 is 2.48 bits per heavy atom. The summed E-state index contributed by atoms with van der Waals surface area (Å²) in [4.78, 5) is 26.9. The van der Waals surface area contributed by atoms with Gasteiger partial charge in [0, 0.05) is 22.9 Å². The summed E-state index contributed by atoms with van der Waals surface area (Å²) in [6.45, 7) is 2.39. The van der Waals surface area contributed by atoms with Crippen LogP contribution < -0.4 is 5.32 Å². The molecule has 1 heterocycles. The Hall–Kier alpha value is -1.90. The number of nitrogens with one attached hydrogen (secondary N) is 1. The van der Waals surface area contributed by atoms with Crippen molar-refractivity contribution >= 4 is 44.6 Å². The third kappa shape index (κ3) is 6.64. The fraction of sp³-hybridized carbons (Fsp3) is 0.333. The molecule has 2 aromatic rings. The van der Waals surface area contributed by atoms with Gasteiger partial charge in [-0.05, 0) is 42.6 Å². The van der Waals surface area contributed by atoms with Gasteiger partial charge in [-0.1, -0.05) is 17.7 Å². The molecule has 0 unspecified atom stereocenters. The van der Waals surface area contributed by atoms with Gasteiger partial charge < -0.3 is 10.2 Å². The molecule has 0 aliphatic rings. The van der Waals surface area contributed by atoms with Gasteiger partial charge >= 0.3 is 0 Å². The second-order valence-electron chi connectivity index (χ2n) is 5.79. The summed E-state index contributed by atoms with van der Waals surface area (Å²) in [6.07, 6.45) is -0.184. The average molecular weight is 429 g/mol. The highest BCUT2D eigenvalue weighted by Gasteiger charge is 2.20. The number of benzene rings is 1. The summed E-state index contributed by atoms with van der Waals surface area (Å²) in [5.74, 6) is -0.971. The minimum atomic E-state index is -3.59. The van der Waals surface area contributed by atoms with Crippen molar-refractivity contribution in [1.82, 2.24) is 10.2 Å². The molecule has 2 amide bonds. The Balaban J connectivity index is 1.86. The first-order valence-electron chi connectivity index (χ1n) is 8.37. The van der Waals surface area contributed by atoms with Crippen LogP contribution in [0, 0.1) is 0 Å². The second-order valence-corrected chi connectivity index (χ2v) is 9.36. The van der Waals surface area contributed by atoms with Gasteiger partial charge in [-0.25, -0.2) is 8.42 Å². The number of hydrogen-bond acceptors (Lipinski definition) is 5. The molecular formula is C18H21ClN2O4S2. The third-order valence-corrected chi connectivity index (χ3v) is 6.73. The molecule has 1 aromatic heterocycles. The largest absolute Gasteiger partial charge is 0.350 e. The highest BCUT2D eigenvalue weighted by molar-refractivity contribution is 7.91. The van der Waals surface area contributed by atoms with Crippen LogP contribution in [0.3, 0.4) is 0 Å². The van der Waals surface area contributed by atoms with E-state index in [-0.39, 0.29) is 35.4 Å². The molecular weight excluding hydrogens is 408 g/mol. The summed E-state index contributed by atoms with van der Waals surface area (Å²) in [6, 6.07) is 9.62. The molecule has 0 aliphatic carbocycles. The zero-order valence-corrected chi connectivity index (χ0v) is 17.2. The van der Waals surface area contributed by atoms with E-state index in [9.17, 15) is 18.0 Å². The smallest absolute Gasteiger partial charge is 0.239 e. The lowest BCUT2D eigenvalue weighted by Crippen LogP contribution is -2.40. The number of sulfone groups is 1. The second kappa shape index (κ2) is 9.87. The summed E-state index contributed by atoms with van der Waals surface area (Å²) < 4.78 is 24.6. The topological polar surface area (TPSA) is 83.6 Å². The summed E-state index contributed by atoms with van der Waals surface area (Å²) in [7, 11) is -3.59. The van der Waals surface area contributed by atoms with Crippen LogP contribution in [0.1, 0.15) is 18.2 Å². The van der Waals surface area contributed by atoms with Crippen molar-refractivity contribution in [2.24, 2.45) is 0 Å². The molecule has 0 atom stereocenters. The van der Waals surface area contributed by atoms with Gasteiger partial charge in [0.25, 0.3) is 0 Å². The van der Waals surface area contributed by atoms with E-state index in [1.807, 2.05) is 17.5 Å². The van der Waals surface area contributed by atoms with Gasteiger partial charge in [-0.2, -0.15) is 0 Å². The molecule has 6 nitrogen and oxygen atoms in total. The van der Waals surface area contributed by atoms with Gasteiger partial charge in [0.1, 0.15) is 0 Å². The first-order chi connectivity index (χ1) is 12.8. The van der Waals surface area contributed by atoms with Crippen molar-refractivity contribution in [3.05, 3.63) is 51.7 Å². The molecule has 0 fully saturated rings. The van der Waals surface area contributed by atoms with Crippen LogP contribution >= 0.6 is 22.9 Å². The number of carbonyl (C=O) groups excluding carboxylic acids is 2. The van der Waals surface area contributed by atoms with E-state index >= 15 is 0 Å². The fourth-order valence-electron chi connectivity index (χ4n) is 2.34. The lowest BCUT2D eigenvalue weighted by atomic mass is 10.3. The number of halogens is 1. The zero-order chi connectivity index (χ0) is 19.9. The Kier molecular flexibility index (Phi) is 7.82. The average Bonchev–Trinajstić information content (AvgIpc) is 3.16. The Morgan fingerprint density at radius 2 is 1.89 bits per heavy atom. The quantitative estimate of drug-likeness (QED) is 0.665. The minimum Gasteiger partial charge on any atom is -0.350 e. The molecule has 0 saturated carbocycles. The van der Waals surface area contributed by atoms with Gasteiger partial charge in [-0.15, -0.1) is 11.3 Å². The molecule has 2 rings (SSSR count). The monoisotopic (exact) mass is 428 g/mol. The molecule has 1 N–H and O–H groups in total. The van der Waals surface area contributed by atoms with E-state index in [2.05, 4.69) is 5.32 Å². The van der Waals surface area contributed by atoms with Gasteiger partial charge in [-0.3, -0.25) is 9.59 Å². The number of amides is 2. The number of hydrogen-bond donors (Lipinski definition) is 1. The number of thiophene rings is 1. The molecule has 0 bridgehead atoms. The highest BCUT2D eigenvalue weighted by Crippen LogP contribution is 2.16. The Morgan fingerprint density at radius 1 is 1.19 bits per heavy atom. The summed E-state index contributed by atoms with van der Waals surface area (Å²) >= 11 is 7.30. The Labute approximate surface area is 168 Å². The van der Waals surface area contributed by atoms with E-state index in [1.165, 1.54) is 40.5 Å². The lowest BCUT2D eigenvalue weighted by molar-refractivity contribution is -0.135. The van der Waals surface area contributed by atoms with E-state index in [4.69, 9.17) is 11.6 Å². The van der Waals surface area contributed by atoms with Crippen molar-refractivity contribution in [3.8, 4) is 0 Å². The Bertz CT molecular complexity index is 865. The summed E-state index contributed by atoms with van der Waals surface area (Å²) in [5, 5.41) is 5.12. The van der Waals surface area contributed by atoms with Crippen LogP contribution in [0.15, 0.2) is 46.7 Å². The van der Waals surface area contributed by atoms with E-state index in [0.717, 1.165) is 4.88 Å². The number of likely N-dealkylation sites (N-methyl/N-ethyl adjacent to an activating group) is 1. The van der Waals surface area contributed by atoms with E-state index in [1.54, 1.807) is 6.92 Å². The molecule has 9 heteroatoms. The van der Waals surface area contributed by atoms with Gasteiger partial charge in [0.15, 0.2) is 9.84 Å². The maximum Gasteiger partial charge on any atom is 0.239 e. The standard InChI is InChI=1S/C18H21ClN2O4S2/c1-2-21(13-17(22)20-12-15-4-3-10-26-15)18(23)9-11-27(24,25)16-7-5-14(19)6-8-16/h3-8,10H,2,9,11-13H2,1H3,(H,20,22). The number of carbonyl (C=O) groups is 2. The predicted molar refractivity (Wildman–Crippen MR) is 107 cm³/mol. The predicted octanol–water partition coefficient (Wildman–Crippen LogP) is 2.73. The van der Waals surface area contributed by atoms with Crippen LogP contribution in [0.25, 0.3) is 0 Å². The summed E-state index contributed by atoms with van der Waals surface area (Å²) in [5.41, 5.74) is 0. The van der Waals surface area contributed by atoms with Crippen LogP contribution in [0.5, 0.6) is 0 Å². The van der Waals surface area contributed by atoms with E-state index in [0.29, 0.717) is 18.1 Å². The van der Waals surface area contributed by atoms with E-state index < -0.39 is 9.84 Å². The first-order valence-corrected chi connectivity index (χ1v) is 11.3. The molecule has 27 heavy (non-hydrogen) atoms. The van der Waals surface area contributed by atoms with Crippen molar-refractivity contribution in [2.75, 3.05) is 18.8 Å². The van der Waals surface area contributed by atoms with Crippen LogP contribution in [-0.2, 0) is 26.0 Å². The first kappa shape index (κ1) is 21.4. The molecule has 0 saturated heterocycles. The normalized spacial score (nSPS) is 11.2. The van der Waals surface area contributed by atoms with Crippen molar-refractivity contribution in [3.63, 3.8) is 0 Å². The minimum absolute atomic E-state index is 0.0955. The molecule has 146 valence electrons. The number of nitrogens with zero attached hydrogens (tertiary/aromatic N) is 1. The lowest BCUT2D eigenvalue weighted by Gasteiger charge is -2.20. The molecule has 0 spiro atoms. The maximum absolute atomic E-state index is 12.3. The van der Waals surface area contributed by atoms with Crippen LogP contribution in [0.4, 0.5) is 0 Å². The molecule has 0 aliphatic heterocycles. The van der Waals surface area contributed by atoms with Crippen molar-refractivity contribution in [1.29, 1.82) is 0 Å². The zero-order valence-electron chi connectivity index (χ0n) is 14.9. The molecule has 0 radical (unpaired) electrons.